The van der Waals surface area contributed by atoms with Gasteiger partial charge in [0.1, 0.15) is 24.7 Å². The lowest BCUT2D eigenvalue weighted by molar-refractivity contribution is -0.127. The van der Waals surface area contributed by atoms with E-state index < -0.39 is 29.4 Å². The molecular formula is C28H21BrFN3O4S. The van der Waals surface area contributed by atoms with Crippen molar-refractivity contribution in [2.24, 2.45) is 0 Å². The number of imide groups is 1. The van der Waals surface area contributed by atoms with E-state index in [1.807, 2.05) is 59.3 Å². The van der Waals surface area contributed by atoms with E-state index in [0.717, 1.165) is 43.4 Å². The number of halogens is 2. The summed E-state index contributed by atoms with van der Waals surface area (Å²) in [4.78, 5) is 39.2. The van der Waals surface area contributed by atoms with Gasteiger partial charge >= 0.3 is 0 Å². The Morgan fingerprint density at radius 1 is 1.05 bits per heavy atom. The van der Waals surface area contributed by atoms with Crippen molar-refractivity contribution in [1.82, 2.24) is 9.47 Å². The first-order valence-corrected chi connectivity index (χ1v) is 13.3. The van der Waals surface area contributed by atoms with Crippen LogP contribution in [0.5, 0.6) is 5.75 Å². The van der Waals surface area contributed by atoms with Gasteiger partial charge in [-0.3, -0.25) is 19.3 Å². The summed E-state index contributed by atoms with van der Waals surface area (Å²) in [7, 11) is 0. The van der Waals surface area contributed by atoms with Gasteiger partial charge in [0.25, 0.3) is 11.1 Å². The van der Waals surface area contributed by atoms with E-state index in [-0.39, 0.29) is 4.91 Å². The lowest BCUT2D eigenvalue weighted by Gasteiger charge is -2.12. The van der Waals surface area contributed by atoms with Crippen molar-refractivity contribution in [1.29, 1.82) is 0 Å². The summed E-state index contributed by atoms with van der Waals surface area (Å²) in [6.07, 6.45) is 3.59. The van der Waals surface area contributed by atoms with E-state index in [1.165, 1.54) is 24.3 Å². The summed E-state index contributed by atoms with van der Waals surface area (Å²) >= 11 is 4.29. The Morgan fingerprint density at radius 2 is 1.82 bits per heavy atom. The van der Waals surface area contributed by atoms with Gasteiger partial charge in [0.05, 0.1) is 11.4 Å². The number of nitrogens with zero attached hydrogens (tertiary/aromatic N) is 2. The minimum absolute atomic E-state index is 0.226. The third kappa shape index (κ3) is 5.81. The number of fused-ring (bicyclic) bond motifs is 1. The zero-order valence-electron chi connectivity index (χ0n) is 19.9. The molecule has 1 aliphatic heterocycles. The van der Waals surface area contributed by atoms with Gasteiger partial charge in [0, 0.05) is 32.8 Å². The predicted molar refractivity (Wildman–Crippen MR) is 149 cm³/mol. The molecule has 0 radical (unpaired) electrons. The van der Waals surface area contributed by atoms with E-state index in [9.17, 15) is 18.8 Å². The fourth-order valence-electron chi connectivity index (χ4n) is 4.03. The number of benzene rings is 3. The van der Waals surface area contributed by atoms with Crippen molar-refractivity contribution >= 4 is 67.4 Å². The van der Waals surface area contributed by atoms with Crippen molar-refractivity contribution in [3.63, 3.8) is 0 Å². The average molecular weight is 594 g/mol. The van der Waals surface area contributed by atoms with Gasteiger partial charge in [-0.05, 0) is 72.4 Å². The van der Waals surface area contributed by atoms with E-state index in [0.29, 0.717) is 18.8 Å². The summed E-state index contributed by atoms with van der Waals surface area (Å²) in [6.45, 7) is 0.582. The maximum absolute atomic E-state index is 13.1. The van der Waals surface area contributed by atoms with Crippen LogP contribution in [0.4, 0.5) is 14.9 Å². The highest BCUT2D eigenvalue weighted by atomic mass is 79.9. The molecule has 192 valence electrons. The van der Waals surface area contributed by atoms with Gasteiger partial charge < -0.3 is 14.6 Å². The number of hydrogen-bond donors (Lipinski definition) is 1. The summed E-state index contributed by atoms with van der Waals surface area (Å²) in [6, 6.07) is 20.6. The Hall–Kier alpha value is -3.89. The normalized spacial score (nSPS) is 14.5. The highest BCUT2D eigenvalue weighted by Gasteiger charge is 2.36. The number of hydrogen-bond acceptors (Lipinski definition) is 5. The monoisotopic (exact) mass is 593 g/mol. The van der Waals surface area contributed by atoms with Crippen LogP contribution in [0.2, 0.25) is 0 Å². The number of rotatable bonds is 8. The zero-order chi connectivity index (χ0) is 26.6. The summed E-state index contributed by atoms with van der Waals surface area (Å²) in [5.41, 5.74) is 2.09. The number of amides is 3. The molecule has 38 heavy (non-hydrogen) atoms. The maximum Gasteiger partial charge on any atom is 0.294 e. The third-order valence-electron chi connectivity index (χ3n) is 5.81. The largest absolute Gasteiger partial charge is 0.492 e. The SMILES string of the molecule is O=C(CN1C(=O)S/C(=C\c2cn(CCOc3ccccc3)c3ccc(Br)cc23)C1=O)Nc1ccc(F)cc1. The van der Waals surface area contributed by atoms with Gasteiger partial charge in [-0.2, -0.15) is 0 Å². The van der Waals surface area contributed by atoms with E-state index in [2.05, 4.69) is 21.2 Å². The topological polar surface area (TPSA) is 80.6 Å². The van der Waals surface area contributed by atoms with Crippen molar-refractivity contribution in [2.45, 2.75) is 6.54 Å². The summed E-state index contributed by atoms with van der Waals surface area (Å²) < 4.78 is 21.9. The Bertz CT molecular complexity index is 1550. The van der Waals surface area contributed by atoms with Gasteiger partial charge in [0.15, 0.2) is 0 Å². The predicted octanol–water partition coefficient (Wildman–Crippen LogP) is 6.30. The van der Waals surface area contributed by atoms with Crippen LogP contribution >= 0.6 is 27.7 Å². The minimum atomic E-state index is -0.556. The Balaban J connectivity index is 1.33. The molecule has 2 heterocycles. The van der Waals surface area contributed by atoms with Gasteiger partial charge in [-0.25, -0.2) is 4.39 Å². The molecule has 5 rings (SSSR count). The van der Waals surface area contributed by atoms with Crippen molar-refractivity contribution in [2.75, 3.05) is 18.5 Å². The number of para-hydroxylation sites is 1. The summed E-state index contributed by atoms with van der Waals surface area (Å²) in [5.74, 6) is -0.753. The molecule has 1 aromatic heterocycles. The second-order valence-corrected chi connectivity index (χ2v) is 10.3. The highest BCUT2D eigenvalue weighted by molar-refractivity contribution is 9.10. The quantitative estimate of drug-likeness (QED) is 0.243. The first kappa shape index (κ1) is 25.7. The first-order valence-electron chi connectivity index (χ1n) is 11.6. The number of carbonyl (C=O) groups excluding carboxylic acids is 3. The van der Waals surface area contributed by atoms with Crippen LogP contribution in [0.1, 0.15) is 5.56 Å². The Kier molecular flexibility index (Phi) is 7.62. The molecule has 3 amide bonds. The van der Waals surface area contributed by atoms with Gasteiger partial charge in [-0.15, -0.1) is 0 Å². The molecule has 0 bridgehead atoms. The molecule has 1 fully saturated rings. The summed E-state index contributed by atoms with van der Waals surface area (Å²) in [5, 5.41) is 2.94. The molecule has 0 saturated carbocycles. The second kappa shape index (κ2) is 11.2. The lowest BCUT2D eigenvalue weighted by Crippen LogP contribution is -2.36. The molecule has 1 N–H and O–H groups in total. The molecule has 0 spiro atoms. The van der Waals surface area contributed by atoms with Crippen LogP contribution in [0.15, 0.2) is 88.4 Å². The highest BCUT2D eigenvalue weighted by Crippen LogP contribution is 2.35. The number of thioether (sulfide) groups is 1. The number of aromatic nitrogens is 1. The fourth-order valence-corrected chi connectivity index (χ4v) is 5.22. The molecule has 1 saturated heterocycles. The van der Waals surface area contributed by atoms with Crippen LogP contribution in [0.25, 0.3) is 17.0 Å². The van der Waals surface area contributed by atoms with Crippen molar-refractivity contribution < 1.29 is 23.5 Å². The second-order valence-electron chi connectivity index (χ2n) is 8.42. The van der Waals surface area contributed by atoms with E-state index in [4.69, 9.17) is 4.74 Å². The van der Waals surface area contributed by atoms with Crippen molar-refractivity contribution in [3.8, 4) is 5.75 Å². The number of carbonyl (C=O) groups is 3. The van der Waals surface area contributed by atoms with Gasteiger partial charge in [-0.1, -0.05) is 34.1 Å². The standard InChI is InChI=1S/C28H21BrFN3O4S/c29-19-6-11-24-23(15-19)18(16-32(24)12-13-37-22-4-2-1-3-5-22)14-25-27(35)33(28(36)38-25)17-26(34)31-21-9-7-20(30)8-10-21/h1-11,14-16H,12-13,17H2,(H,31,34)/b25-14-. The molecule has 0 atom stereocenters. The first-order chi connectivity index (χ1) is 18.4. The molecule has 7 nitrogen and oxygen atoms in total. The van der Waals surface area contributed by atoms with Crippen LogP contribution in [-0.2, 0) is 16.1 Å². The fraction of sp³-hybridized carbons (Fsp3) is 0.107. The molecule has 3 aromatic carbocycles. The van der Waals surface area contributed by atoms with Crippen LogP contribution in [0, 0.1) is 5.82 Å². The Morgan fingerprint density at radius 3 is 2.58 bits per heavy atom. The minimum Gasteiger partial charge on any atom is -0.492 e. The van der Waals surface area contributed by atoms with E-state index in [1.54, 1.807) is 6.08 Å². The molecule has 4 aromatic rings. The van der Waals surface area contributed by atoms with Crippen LogP contribution in [0.3, 0.4) is 0 Å². The zero-order valence-corrected chi connectivity index (χ0v) is 22.3. The molecule has 0 unspecified atom stereocenters. The van der Waals surface area contributed by atoms with Crippen molar-refractivity contribution in [3.05, 3.63) is 99.8 Å². The Labute approximate surface area is 230 Å². The van der Waals surface area contributed by atoms with Crippen LogP contribution in [-0.4, -0.2) is 39.7 Å². The lowest BCUT2D eigenvalue weighted by atomic mass is 10.1. The third-order valence-corrected chi connectivity index (χ3v) is 7.21. The van der Waals surface area contributed by atoms with E-state index >= 15 is 0 Å². The number of anilines is 1. The smallest absolute Gasteiger partial charge is 0.294 e. The van der Waals surface area contributed by atoms with Gasteiger partial charge in [0.2, 0.25) is 5.91 Å². The average Bonchev–Trinajstić information content (AvgIpc) is 3.37. The number of ether oxygens (including phenoxy) is 1. The molecule has 10 heteroatoms. The maximum atomic E-state index is 13.1. The number of nitrogens with one attached hydrogen (secondary N) is 1. The molecule has 1 aliphatic rings. The molecular weight excluding hydrogens is 573 g/mol. The van der Waals surface area contributed by atoms with Crippen LogP contribution < -0.4 is 10.1 Å². The molecule has 0 aliphatic carbocycles.